The summed E-state index contributed by atoms with van der Waals surface area (Å²) in [4.78, 5) is 17.4. The number of carbonyl (C=O) groups is 1. The summed E-state index contributed by atoms with van der Waals surface area (Å²) in [5, 5.41) is 15.1. The van der Waals surface area contributed by atoms with Gasteiger partial charge in [-0.1, -0.05) is 42.6 Å². The Balaban J connectivity index is 1.28. The third kappa shape index (κ3) is 8.44. The van der Waals surface area contributed by atoms with Crippen molar-refractivity contribution in [3.8, 4) is 5.75 Å². The van der Waals surface area contributed by atoms with Crippen molar-refractivity contribution in [2.24, 2.45) is 21.1 Å². The molecule has 4 atom stereocenters. The van der Waals surface area contributed by atoms with E-state index in [1.807, 2.05) is 13.0 Å². The molecule has 2 heterocycles. The molecule has 1 aliphatic carbocycles. The van der Waals surface area contributed by atoms with Crippen molar-refractivity contribution < 1.29 is 23.0 Å². The van der Waals surface area contributed by atoms with Crippen molar-refractivity contribution in [3.05, 3.63) is 71.4 Å². The van der Waals surface area contributed by atoms with Crippen molar-refractivity contribution >= 4 is 22.8 Å². The third-order valence-corrected chi connectivity index (χ3v) is 7.80. The van der Waals surface area contributed by atoms with Gasteiger partial charge in [0.2, 0.25) is 0 Å². The number of nitrogens with one attached hydrogen (secondary N) is 2. The minimum absolute atomic E-state index is 0.0489. The van der Waals surface area contributed by atoms with Crippen molar-refractivity contribution in [3.63, 3.8) is 0 Å². The number of methoxy groups -OCH3 is 1. The van der Waals surface area contributed by atoms with E-state index in [-0.39, 0.29) is 11.1 Å². The summed E-state index contributed by atoms with van der Waals surface area (Å²) < 4.78 is 35.0. The average molecular weight is 558 g/mol. The van der Waals surface area contributed by atoms with Crippen LogP contribution in [0.1, 0.15) is 57.1 Å². The summed E-state index contributed by atoms with van der Waals surface area (Å²) in [6, 6.07) is 6.20. The standard InChI is InChI=1S/C28H33F2N5O3S/c1-17-12-13-31-35-22(14-17)15-19-6-4-8-21(11-10-19)33-26-18(2)32-28(39-26)34-25(36)24(37-3)20-7-5-9-23(16-20)38-27(29)30/h5,7,9,12-13,16,19,21,24,26-27,33H,2,4,6,8,10-11,15H2,1,3H3,(H,32,34,36). The van der Waals surface area contributed by atoms with Crippen molar-refractivity contribution in [1.29, 1.82) is 0 Å². The Morgan fingerprint density at radius 3 is 2.92 bits per heavy atom. The maximum absolute atomic E-state index is 13.0. The molecule has 2 N–H and O–H groups in total. The van der Waals surface area contributed by atoms with Gasteiger partial charge in [0.25, 0.3) is 5.91 Å². The molecular formula is C28H33F2N5O3S. The highest BCUT2D eigenvalue weighted by Crippen LogP contribution is 2.32. The number of nitrogens with zero attached hydrogens (tertiary/aromatic N) is 3. The first-order chi connectivity index (χ1) is 18.8. The number of ether oxygens (including phenoxy) is 2. The number of alkyl halides is 2. The summed E-state index contributed by atoms with van der Waals surface area (Å²) in [6.07, 6.45) is 8.83. The molecule has 11 heteroatoms. The summed E-state index contributed by atoms with van der Waals surface area (Å²) in [5.74, 6) is 0.0190. The maximum Gasteiger partial charge on any atom is 0.387 e. The lowest BCUT2D eigenvalue weighted by molar-refractivity contribution is -0.129. The van der Waals surface area contributed by atoms with Crippen LogP contribution in [0.25, 0.3) is 0 Å². The normalized spacial score (nSPS) is 24.0. The number of rotatable bonds is 9. The summed E-state index contributed by atoms with van der Waals surface area (Å²) >= 11 is 1.39. The molecule has 4 rings (SSSR count). The minimum atomic E-state index is -2.96. The van der Waals surface area contributed by atoms with Crippen molar-refractivity contribution in [2.45, 2.75) is 69.6 Å². The van der Waals surface area contributed by atoms with Gasteiger partial charge in [-0.3, -0.25) is 10.1 Å². The van der Waals surface area contributed by atoms with E-state index in [0.29, 0.717) is 28.4 Å². The van der Waals surface area contributed by atoms with Crippen LogP contribution in [0.4, 0.5) is 8.78 Å². The zero-order valence-electron chi connectivity index (χ0n) is 22.0. The van der Waals surface area contributed by atoms with Gasteiger partial charge in [-0.15, -0.1) is 5.11 Å². The molecule has 0 spiro atoms. The first kappa shape index (κ1) is 28.9. The van der Waals surface area contributed by atoms with Crippen LogP contribution in [0.3, 0.4) is 0 Å². The molecule has 1 saturated carbocycles. The van der Waals surface area contributed by atoms with Crippen LogP contribution in [0.15, 0.2) is 81.0 Å². The monoisotopic (exact) mass is 557 g/mol. The molecule has 0 bridgehead atoms. The minimum Gasteiger partial charge on any atom is -0.435 e. The lowest BCUT2D eigenvalue weighted by Gasteiger charge is -2.21. The predicted octanol–water partition coefficient (Wildman–Crippen LogP) is 6.37. The second-order valence-corrected chi connectivity index (χ2v) is 10.8. The van der Waals surface area contributed by atoms with Gasteiger partial charge >= 0.3 is 6.61 Å². The van der Waals surface area contributed by atoms with Crippen LogP contribution in [0.2, 0.25) is 0 Å². The van der Waals surface area contributed by atoms with Gasteiger partial charge in [0.15, 0.2) is 11.3 Å². The number of hydrogen-bond acceptors (Lipinski definition) is 8. The molecule has 208 valence electrons. The average Bonchev–Trinajstić information content (AvgIpc) is 3.03. The predicted molar refractivity (Wildman–Crippen MR) is 147 cm³/mol. The molecule has 3 aliphatic rings. The van der Waals surface area contributed by atoms with Gasteiger partial charge in [0, 0.05) is 19.6 Å². The van der Waals surface area contributed by atoms with Crippen LogP contribution < -0.4 is 15.4 Å². The topological polar surface area (TPSA) is 96.7 Å². The molecule has 1 amide bonds. The third-order valence-electron chi connectivity index (χ3n) is 6.74. The number of benzene rings is 1. The number of allylic oxidation sites excluding steroid dienone is 2. The Morgan fingerprint density at radius 2 is 2.13 bits per heavy atom. The zero-order valence-corrected chi connectivity index (χ0v) is 22.8. The van der Waals surface area contributed by atoms with Crippen LogP contribution in [-0.2, 0) is 9.53 Å². The number of azo groups is 1. The van der Waals surface area contributed by atoms with Gasteiger partial charge in [-0.05, 0) is 67.9 Å². The van der Waals surface area contributed by atoms with E-state index < -0.39 is 18.6 Å². The highest BCUT2D eigenvalue weighted by molar-refractivity contribution is 8.14. The Labute approximate surface area is 231 Å². The second kappa shape index (κ2) is 13.8. The Kier molecular flexibility index (Phi) is 10.2. The molecule has 0 radical (unpaired) electrons. The van der Waals surface area contributed by atoms with Crippen LogP contribution in [0.5, 0.6) is 5.75 Å². The fourth-order valence-corrected chi connectivity index (χ4v) is 5.87. The fourth-order valence-electron chi connectivity index (χ4n) is 4.87. The fraction of sp³-hybridized carbons (Fsp3) is 0.464. The highest BCUT2D eigenvalue weighted by atomic mass is 32.2. The number of hydrogen-bond donors (Lipinski definition) is 2. The summed E-state index contributed by atoms with van der Waals surface area (Å²) in [7, 11) is 1.38. The molecule has 1 fully saturated rings. The largest absolute Gasteiger partial charge is 0.435 e. The smallest absolute Gasteiger partial charge is 0.387 e. The van der Waals surface area contributed by atoms with Crippen molar-refractivity contribution in [1.82, 2.24) is 10.6 Å². The van der Waals surface area contributed by atoms with Crippen LogP contribution in [-0.4, -0.2) is 36.2 Å². The van der Waals surface area contributed by atoms with Crippen LogP contribution in [0, 0.1) is 5.92 Å². The number of thioether (sulfide) groups is 1. The summed E-state index contributed by atoms with van der Waals surface area (Å²) in [5.41, 5.74) is 6.30. The SMILES string of the molecule is C=C1N=C(NC(=O)C(OC)c2cccc(OC(F)F)c2)SC1NC1CCCC(CC2=C=C(C)C=CN=N2)CC1. The van der Waals surface area contributed by atoms with E-state index in [1.165, 1.54) is 37.1 Å². The maximum atomic E-state index is 13.0. The molecule has 0 aromatic heterocycles. The molecule has 1 aromatic carbocycles. The quantitative estimate of drug-likeness (QED) is 0.272. The Hall–Kier alpha value is -3.11. The van der Waals surface area contributed by atoms with E-state index in [2.05, 4.69) is 42.9 Å². The van der Waals surface area contributed by atoms with E-state index in [1.54, 1.807) is 12.3 Å². The molecule has 4 unspecified atom stereocenters. The Bertz CT molecular complexity index is 1230. The van der Waals surface area contributed by atoms with E-state index in [0.717, 1.165) is 49.8 Å². The molecular weight excluding hydrogens is 524 g/mol. The van der Waals surface area contributed by atoms with E-state index >= 15 is 0 Å². The van der Waals surface area contributed by atoms with Gasteiger partial charge in [-0.2, -0.15) is 13.9 Å². The number of halogens is 2. The molecule has 8 nitrogen and oxygen atoms in total. The Morgan fingerprint density at radius 1 is 1.28 bits per heavy atom. The zero-order chi connectivity index (χ0) is 27.8. The molecule has 39 heavy (non-hydrogen) atoms. The molecule has 1 aromatic rings. The molecule has 2 aliphatic heterocycles. The van der Waals surface area contributed by atoms with E-state index in [9.17, 15) is 13.6 Å². The first-order valence-electron chi connectivity index (χ1n) is 12.9. The first-order valence-corrected chi connectivity index (χ1v) is 13.8. The number of amidine groups is 1. The van der Waals surface area contributed by atoms with Crippen molar-refractivity contribution in [2.75, 3.05) is 7.11 Å². The van der Waals surface area contributed by atoms with Gasteiger partial charge in [0.1, 0.15) is 16.8 Å². The van der Waals surface area contributed by atoms with Gasteiger partial charge in [-0.25, -0.2) is 4.99 Å². The summed E-state index contributed by atoms with van der Waals surface area (Å²) in [6.45, 7) is 3.11. The number of amides is 1. The van der Waals surface area contributed by atoms with Gasteiger partial charge < -0.3 is 14.8 Å². The number of aliphatic imine (C=N–C) groups is 1. The van der Waals surface area contributed by atoms with Crippen LogP contribution >= 0.6 is 11.8 Å². The second-order valence-electron chi connectivity index (χ2n) is 9.69. The highest BCUT2D eigenvalue weighted by Gasteiger charge is 2.30. The molecule has 0 saturated heterocycles. The lowest BCUT2D eigenvalue weighted by atomic mass is 9.95. The van der Waals surface area contributed by atoms with E-state index in [4.69, 9.17) is 4.74 Å². The van der Waals surface area contributed by atoms with Gasteiger partial charge in [0.05, 0.1) is 11.9 Å². The lowest BCUT2D eigenvalue weighted by Crippen LogP contribution is -2.37. The number of carbonyl (C=O) groups excluding carboxylic acids is 1.